The summed E-state index contributed by atoms with van der Waals surface area (Å²) in [4.78, 5) is 12.1. The molecule has 2 atom stereocenters. The Balaban J connectivity index is 1.70. The average Bonchev–Trinajstić information content (AvgIpc) is 2.89. The molecule has 4 heteroatoms. The third kappa shape index (κ3) is 3.31. The van der Waals surface area contributed by atoms with Crippen LogP contribution in [0.5, 0.6) is 0 Å². The van der Waals surface area contributed by atoms with Gasteiger partial charge in [-0.2, -0.15) is 5.26 Å². The Kier molecular flexibility index (Phi) is 4.22. The summed E-state index contributed by atoms with van der Waals surface area (Å²) < 4.78 is 0. The number of carbonyl (C=O) groups excluding carboxylic acids is 1. The lowest BCUT2D eigenvalue weighted by Crippen LogP contribution is -2.32. The summed E-state index contributed by atoms with van der Waals surface area (Å²) in [6.45, 7) is 0. The highest BCUT2D eigenvalue weighted by molar-refractivity contribution is 5.92. The van der Waals surface area contributed by atoms with Crippen LogP contribution in [0.25, 0.3) is 6.08 Å². The van der Waals surface area contributed by atoms with Gasteiger partial charge in [-0.05, 0) is 34.9 Å². The van der Waals surface area contributed by atoms with Crippen molar-refractivity contribution in [3.63, 3.8) is 0 Å². The van der Waals surface area contributed by atoms with Gasteiger partial charge < -0.3 is 10.4 Å². The first kappa shape index (κ1) is 15.0. The van der Waals surface area contributed by atoms with E-state index in [1.165, 1.54) is 6.08 Å². The Labute approximate surface area is 134 Å². The average molecular weight is 304 g/mol. The normalized spacial score (nSPS) is 19.3. The molecule has 2 N–H and O–H groups in total. The van der Waals surface area contributed by atoms with Gasteiger partial charge in [0.05, 0.1) is 23.8 Å². The molecule has 0 bridgehead atoms. The number of aliphatic hydroxyl groups excluding tert-OH is 1. The topological polar surface area (TPSA) is 73.1 Å². The van der Waals surface area contributed by atoms with Crippen molar-refractivity contribution in [1.29, 1.82) is 5.26 Å². The van der Waals surface area contributed by atoms with E-state index in [0.717, 1.165) is 16.7 Å². The predicted molar refractivity (Wildman–Crippen MR) is 87.2 cm³/mol. The molecular weight excluding hydrogens is 288 g/mol. The van der Waals surface area contributed by atoms with Crippen LogP contribution in [0.3, 0.4) is 0 Å². The lowest BCUT2D eigenvalue weighted by Gasteiger charge is -2.16. The van der Waals surface area contributed by atoms with Gasteiger partial charge in [-0.1, -0.05) is 36.4 Å². The molecule has 23 heavy (non-hydrogen) atoms. The summed E-state index contributed by atoms with van der Waals surface area (Å²) in [5.41, 5.74) is 3.36. The van der Waals surface area contributed by atoms with Crippen molar-refractivity contribution < 1.29 is 9.90 Å². The molecule has 0 aliphatic heterocycles. The first-order chi connectivity index (χ1) is 11.2. The third-order valence-corrected chi connectivity index (χ3v) is 3.94. The maximum atomic E-state index is 12.1. The molecule has 0 radical (unpaired) electrons. The molecule has 2 aromatic rings. The Bertz CT molecular complexity index is 805. The fraction of sp³-hybridized carbons (Fsp3) is 0.158. The molecule has 0 aromatic heterocycles. The van der Waals surface area contributed by atoms with Gasteiger partial charge in [-0.15, -0.1) is 0 Å². The summed E-state index contributed by atoms with van der Waals surface area (Å²) in [7, 11) is 0. The van der Waals surface area contributed by atoms with Crippen LogP contribution in [0.1, 0.15) is 28.3 Å². The van der Waals surface area contributed by atoms with E-state index in [4.69, 9.17) is 5.26 Å². The van der Waals surface area contributed by atoms with Crippen molar-refractivity contribution in [1.82, 2.24) is 5.32 Å². The second-order valence-corrected chi connectivity index (χ2v) is 5.53. The maximum absolute atomic E-state index is 12.1. The number of carbonyl (C=O) groups is 1. The monoisotopic (exact) mass is 304 g/mol. The second kappa shape index (κ2) is 6.47. The number of nitrogens with zero attached hydrogens (tertiary/aromatic N) is 1. The van der Waals surface area contributed by atoms with Crippen LogP contribution in [-0.2, 0) is 11.2 Å². The number of hydrogen-bond donors (Lipinski definition) is 2. The van der Waals surface area contributed by atoms with E-state index >= 15 is 0 Å². The summed E-state index contributed by atoms with van der Waals surface area (Å²) in [5, 5.41) is 21.9. The van der Waals surface area contributed by atoms with E-state index in [-0.39, 0.29) is 11.9 Å². The molecule has 3 rings (SSSR count). The Hall–Kier alpha value is -2.90. The molecule has 0 saturated heterocycles. The van der Waals surface area contributed by atoms with Crippen LogP contribution in [0.2, 0.25) is 0 Å². The van der Waals surface area contributed by atoms with Gasteiger partial charge in [0.2, 0.25) is 5.91 Å². The minimum atomic E-state index is -0.605. The number of hydrogen-bond acceptors (Lipinski definition) is 3. The second-order valence-electron chi connectivity index (χ2n) is 5.53. The maximum Gasteiger partial charge on any atom is 0.244 e. The van der Waals surface area contributed by atoms with Gasteiger partial charge in [-0.25, -0.2) is 0 Å². The first-order valence-corrected chi connectivity index (χ1v) is 7.42. The van der Waals surface area contributed by atoms with E-state index < -0.39 is 6.10 Å². The largest absolute Gasteiger partial charge is 0.390 e. The first-order valence-electron chi connectivity index (χ1n) is 7.42. The van der Waals surface area contributed by atoms with Crippen LogP contribution >= 0.6 is 0 Å². The van der Waals surface area contributed by atoms with Crippen LogP contribution in [0, 0.1) is 11.3 Å². The molecule has 0 spiro atoms. The van der Waals surface area contributed by atoms with Gasteiger partial charge in [0.15, 0.2) is 0 Å². The van der Waals surface area contributed by atoms with Crippen molar-refractivity contribution >= 4 is 12.0 Å². The zero-order chi connectivity index (χ0) is 16.2. The number of amides is 1. The van der Waals surface area contributed by atoms with Crippen molar-refractivity contribution in [2.24, 2.45) is 0 Å². The third-order valence-electron chi connectivity index (χ3n) is 3.94. The molecule has 1 aliphatic carbocycles. The van der Waals surface area contributed by atoms with Crippen LogP contribution in [-0.4, -0.2) is 17.1 Å². The Morgan fingerprint density at radius 3 is 2.91 bits per heavy atom. The number of rotatable bonds is 3. The van der Waals surface area contributed by atoms with Crippen LogP contribution in [0.15, 0.2) is 54.6 Å². The minimum Gasteiger partial charge on any atom is -0.390 e. The molecule has 0 saturated carbocycles. The minimum absolute atomic E-state index is 0.270. The summed E-state index contributed by atoms with van der Waals surface area (Å²) >= 11 is 0. The van der Waals surface area contributed by atoms with Crippen LogP contribution < -0.4 is 5.32 Å². The number of benzene rings is 2. The van der Waals surface area contributed by atoms with E-state index in [2.05, 4.69) is 11.4 Å². The highest BCUT2D eigenvalue weighted by atomic mass is 16.3. The van der Waals surface area contributed by atoms with Gasteiger partial charge in [0.1, 0.15) is 0 Å². The Morgan fingerprint density at radius 2 is 2.09 bits per heavy atom. The van der Waals surface area contributed by atoms with Gasteiger partial charge in [0.25, 0.3) is 0 Å². The lowest BCUT2D eigenvalue weighted by molar-refractivity contribution is -0.117. The SMILES string of the molecule is N#Cc1cccc(/C=C/C(=O)NC2c3ccccc3CC2O)c1. The van der Waals surface area contributed by atoms with Crippen LogP contribution in [0.4, 0.5) is 0 Å². The summed E-state index contributed by atoms with van der Waals surface area (Å²) in [5.74, 6) is -0.270. The van der Waals surface area contributed by atoms with Crippen molar-refractivity contribution in [2.75, 3.05) is 0 Å². The van der Waals surface area contributed by atoms with Crippen molar-refractivity contribution in [3.05, 3.63) is 76.9 Å². The zero-order valence-corrected chi connectivity index (χ0v) is 12.4. The molecule has 4 nitrogen and oxygen atoms in total. The highest BCUT2D eigenvalue weighted by Gasteiger charge is 2.31. The van der Waals surface area contributed by atoms with Crippen molar-refractivity contribution in [3.8, 4) is 6.07 Å². The van der Waals surface area contributed by atoms with Gasteiger partial charge in [0, 0.05) is 12.5 Å². The predicted octanol–water partition coefficient (Wildman–Crippen LogP) is 2.35. The number of aliphatic hydroxyl groups is 1. The standard InChI is InChI=1S/C19H16N2O2/c20-12-14-5-3-4-13(10-14)8-9-18(23)21-19-16-7-2-1-6-15(16)11-17(19)22/h1-10,17,19,22H,11H2,(H,21,23)/b9-8+. The van der Waals surface area contributed by atoms with E-state index in [0.29, 0.717) is 12.0 Å². The number of fused-ring (bicyclic) bond motifs is 1. The molecule has 0 heterocycles. The molecule has 114 valence electrons. The van der Waals surface area contributed by atoms with Gasteiger partial charge >= 0.3 is 0 Å². The number of nitrogens with one attached hydrogen (secondary N) is 1. The fourth-order valence-corrected chi connectivity index (χ4v) is 2.83. The summed E-state index contributed by atoms with van der Waals surface area (Å²) in [6, 6.07) is 16.4. The smallest absolute Gasteiger partial charge is 0.244 e. The van der Waals surface area contributed by atoms with E-state index in [1.54, 1.807) is 24.3 Å². The molecule has 1 aliphatic rings. The molecular formula is C19H16N2O2. The van der Waals surface area contributed by atoms with E-state index in [1.807, 2.05) is 30.3 Å². The molecule has 2 aromatic carbocycles. The highest BCUT2D eigenvalue weighted by Crippen LogP contribution is 2.31. The summed E-state index contributed by atoms with van der Waals surface area (Å²) in [6.07, 6.45) is 3.02. The molecule has 2 unspecified atom stereocenters. The number of nitriles is 1. The van der Waals surface area contributed by atoms with E-state index in [9.17, 15) is 9.90 Å². The van der Waals surface area contributed by atoms with Gasteiger partial charge in [-0.3, -0.25) is 4.79 Å². The molecule has 1 amide bonds. The Morgan fingerprint density at radius 1 is 1.26 bits per heavy atom. The fourth-order valence-electron chi connectivity index (χ4n) is 2.83. The lowest BCUT2D eigenvalue weighted by atomic mass is 10.1. The molecule has 0 fully saturated rings. The quantitative estimate of drug-likeness (QED) is 0.855. The van der Waals surface area contributed by atoms with Crippen molar-refractivity contribution in [2.45, 2.75) is 18.6 Å². The zero-order valence-electron chi connectivity index (χ0n) is 12.4.